The predicted molar refractivity (Wildman–Crippen MR) is 95.0 cm³/mol. The number of nitrogens with one attached hydrogen (secondary N) is 2. The zero-order chi connectivity index (χ0) is 18.5. The number of para-hydroxylation sites is 1. The van der Waals surface area contributed by atoms with Crippen molar-refractivity contribution in [3.05, 3.63) is 59.9 Å². The highest BCUT2D eigenvalue weighted by Gasteiger charge is 2.30. The van der Waals surface area contributed by atoms with Crippen molar-refractivity contribution in [2.75, 3.05) is 23.3 Å². The molecule has 1 saturated heterocycles. The topological polar surface area (TPSA) is 85.2 Å². The second kappa shape index (κ2) is 7.66. The maximum Gasteiger partial charge on any atom is 0.319 e. The Balaban J connectivity index is 1.54. The van der Waals surface area contributed by atoms with Crippen LogP contribution in [0.4, 0.5) is 20.6 Å². The van der Waals surface area contributed by atoms with Gasteiger partial charge in [-0.3, -0.25) is 4.79 Å². The number of nitriles is 1. The van der Waals surface area contributed by atoms with Gasteiger partial charge in [0, 0.05) is 31.1 Å². The largest absolute Gasteiger partial charge is 0.338 e. The Morgan fingerprint density at radius 2 is 1.96 bits per heavy atom. The molecule has 1 unspecified atom stereocenters. The fraction of sp³-hybridized carbons (Fsp3) is 0.211. The van der Waals surface area contributed by atoms with E-state index in [1.54, 1.807) is 41.3 Å². The Labute approximate surface area is 150 Å². The van der Waals surface area contributed by atoms with Gasteiger partial charge in [-0.1, -0.05) is 12.1 Å². The predicted octanol–water partition coefficient (Wildman–Crippen LogP) is 2.87. The van der Waals surface area contributed by atoms with Crippen molar-refractivity contribution in [3.63, 3.8) is 0 Å². The standard InChI is InChI=1S/C19H17FN4O2/c20-15-5-7-16(8-6-15)24-12-13(9-18(24)25)11-22-19(26)23-17-4-2-1-3-14(17)10-21/h1-8,13H,9,11-12H2,(H2,22,23,26). The molecule has 0 saturated carbocycles. The van der Waals surface area contributed by atoms with Crippen molar-refractivity contribution in [2.45, 2.75) is 6.42 Å². The molecule has 6 nitrogen and oxygen atoms in total. The second-order valence-corrected chi connectivity index (χ2v) is 6.04. The number of halogens is 1. The van der Waals surface area contributed by atoms with Crippen molar-refractivity contribution in [1.82, 2.24) is 5.32 Å². The van der Waals surface area contributed by atoms with E-state index in [0.717, 1.165) is 0 Å². The zero-order valence-corrected chi connectivity index (χ0v) is 13.9. The lowest BCUT2D eigenvalue weighted by atomic mass is 10.1. The first kappa shape index (κ1) is 17.4. The van der Waals surface area contributed by atoms with Crippen molar-refractivity contribution in [2.24, 2.45) is 5.92 Å². The van der Waals surface area contributed by atoms with Crippen molar-refractivity contribution >= 4 is 23.3 Å². The molecule has 3 amide bonds. The number of urea groups is 1. The van der Waals surface area contributed by atoms with Crippen LogP contribution >= 0.6 is 0 Å². The molecule has 3 rings (SSSR count). The Morgan fingerprint density at radius 1 is 1.23 bits per heavy atom. The SMILES string of the molecule is N#Cc1ccccc1NC(=O)NCC1CC(=O)N(c2ccc(F)cc2)C1. The number of benzene rings is 2. The monoisotopic (exact) mass is 352 g/mol. The van der Waals surface area contributed by atoms with Gasteiger partial charge in [0.05, 0.1) is 11.3 Å². The van der Waals surface area contributed by atoms with Gasteiger partial charge in [-0.15, -0.1) is 0 Å². The molecule has 1 aliphatic heterocycles. The maximum atomic E-state index is 13.0. The third-order valence-electron chi connectivity index (χ3n) is 4.19. The van der Waals surface area contributed by atoms with E-state index in [-0.39, 0.29) is 17.6 Å². The molecule has 2 aromatic rings. The number of hydrogen-bond acceptors (Lipinski definition) is 3. The van der Waals surface area contributed by atoms with Gasteiger partial charge in [-0.2, -0.15) is 5.26 Å². The normalized spacial score (nSPS) is 16.2. The minimum atomic E-state index is -0.430. The molecule has 0 spiro atoms. The fourth-order valence-electron chi connectivity index (χ4n) is 2.88. The lowest BCUT2D eigenvalue weighted by molar-refractivity contribution is -0.117. The van der Waals surface area contributed by atoms with Crippen LogP contribution in [0.25, 0.3) is 0 Å². The Morgan fingerprint density at radius 3 is 2.69 bits per heavy atom. The molecule has 0 aliphatic carbocycles. The highest BCUT2D eigenvalue weighted by molar-refractivity contribution is 5.96. The summed E-state index contributed by atoms with van der Waals surface area (Å²) >= 11 is 0. The quantitative estimate of drug-likeness (QED) is 0.887. The minimum Gasteiger partial charge on any atom is -0.338 e. The van der Waals surface area contributed by atoms with Crippen LogP contribution in [0.1, 0.15) is 12.0 Å². The maximum absolute atomic E-state index is 13.0. The van der Waals surface area contributed by atoms with Gasteiger partial charge in [0.15, 0.2) is 0 Å². The van der Waals surface area contributed by atoms with E-state index in [0.29, 0.717) is 36.4 Å². The van der Waals surface area contributed by atoms with Crippen LogP contribution in [0.15, 0.2) is 48.5 Å². The summed E-state index contributed by atoms with van der Waals surface area (Å²) in [5, 5.41) is 14.4. The number of anilines is 2. The van der Waals surface area contributed by atoms with Crippen LogP contribution in [-0.4, -0.2) is 25.0 Å². The first-order chi connectivity index (χ1) is 12.6. The summed E-state index contributed by atoms with van der Waals surface area (Å²) in [5.74, 6) is -0.448. The summed E-state index contributed by atoms with van der Waals surface area (Å²) < 4.78 is 13.0. The van der Waals surface area contributed by atoms with Crippen molar-refractivity contribution < 1.29 is 14.0 Å². The van der Waals surface area contributed by atoms with E-state index in [1.807, 2.05) is 6.07 Å². The van der Waals surface area contributed by atoms with Crippen LogP contribution < -0.4 is 15.5 Å². The van der Waals surface area contributed by atoms with Gasteiger partial charge in [0.1, 0.15) is 11.9 Å². The molecule has 0 bridgehead atoms. The number of carbonyl (C=O) groups is 2. The summed E-state index contributed by atoms with van der Waals surface area (Å²) in [4.78, 5) is 25.8. The highest BCUT2D eigenvalue weighted by atomic mass is 19.1. The van der Waals surface area contributed by atoms with Crippen LogP contribution in [0.5, 0.6) is 0 Å². The molecule has 0 radical (unpaired) electrons. The third kappa shape index (κ3) is 3.98. The number of nitrogens with zero attached hydrogens (tertiary/aromatic N) is 2. The van der Waals surface area contributed by atoms with Gasteiger partial charge in [0.2, 0.25) is 5.91 Å². The van der Waals surface area contributed by atoms with E-state index in [1.165, 1.54) is 12.1 Å². The highest BCUT2D eigenvalue weighted by Crippen LogP contribution is 2.25. The fourth-order valence-corrected chi connectivity index (χ4v) is 2.88. The van der Waals surface area contributed by atoms with Crippen molar-refractivity contribution in [1.29, 1.82) is 5.26 Å². The third-order valence-corrected chi connectivity index (χ3v) is 4.19. The number of carbonyl (C=O) groups excluding carboxylic acids is 2. The molecule has 1 aliphatic rings. The summed E-state index contributed by atoms with van der Waals surface area (Å²) in [5.41, 5.74) is 1.45. The first-order valence-corrected chi connectivity index (χ1v) is 8.16. The van der Waals surface area contributed by atoms with Gasteiger partial charge in [-0.05, 0) is 36.4 Å². The van der Waals surface area contributed by atoms with E-state index in [2.05, 4.69) is 10.6 Å². The Hall–Kier alpha value is -3.40. The van der Waals surface area contributed by atoms with Gasteiger partial charge in [0.25, 0.3) is 0 Å². The molecular weight excluding hydrogens is 335 g/mol. The number of hydrogen-bond donors (Lipinski definition) is 2. The van der Waals surface area contributed by atoms with E-state index in [4.69, 9.17) is 5.26 Å². The van der Waals surface area contributed by atoms with Crippen LogP contribution in [0.3, 0.4) is 0 Å². The van der Waals surface area contributed by atoms with E-state index in [9.17, 15) is 14.0 Å². The molecule has 1 fully saturated rings. The molecule has 26 heavy (non-hydrogen) atoms. The van der Waals surface area contributed by atoms with Gasteiger partial charge >= 0.3 is 6.03 Å². The molecule has 132 valence electrons. The lowest BCUT2D eigenvalue weighted by Crippen LogP contribution is -2.34. The first-order valence-electron chi connectivity index (χ1n) is 8.16. The zero-order valence-electron chi connectivity index (χ0n) is 13.9. The molecule has 7 heteroatoms. The summed E-state index contributed by atoms with van der Waals surface area (Å²) in [7, 11) is 0. The van der Waals surface area contributed by atoms with Crippen LogP contribution in [0, 0.1) is 23.1 Å². The number of amides is 3. The molecule has 2 N–H and O–H groups in total. The summed E-state index contributed by atoms with van der Waals surface area (Å²) in [6, 6.07) is 14.0. The van der Waals surface area contributed by atoms with Gasteiger partial charge < -0.3 is 15.5 Å². The Kier molecular flexibility index (Phi) is 5.13. The average Bonchev–Trinajstić information content (AvgIpc) is 3.02. The summed E-state index contributed by atoms with van der Waals surface area (Å²) in [6.07, 6.45) is 0.312. The van der Waals surface area contributed by atoms with E-state index < -0.39 is 6.03 Å². The second-order valence-electron chi connectivity index (χ2n) is 6.04. The van der Waals surface area contributed by atoms with Crippen molar-refractivity contribution in [3.8, 4) is 6.07 Å². The molecule has 0 aromatic heterocycles. The van der Waals surface area contributed by atoms with Crippen LogP contribution in [-0.2, 0) is 4.79 Å². The van der Waals surface area contributed by atoms with Gasteiger partial charge in [-0.25, -0.2) is 9.18 Å². The molecule has 1 atom stereocenters. The lowest BCUT2D eigenvalue weighted by Gasteiger charge is -2.17. The summed E-state index contributed by atoms with van der Waals surface area (Å²) in [6.45, 7) is 0.781. The average molecular weight is 352 g/mol. The molecule has 2 aromatic carbocycles. The smallest absolute Gasteiger partial charge is 0.319 e. The number of rotatable bonds is 4. The molecule has 1 heterocycles. The minimum absolute atomic E-state index is 0.0375. The van der Waals surface area contributed by atoms with E-state index >= 15 is 0 Å². The molecular formula is C19H17FN4O2. The van der Waals surface area contributed by atoms with Crippen LogP contribution in [0.2, 0.25) is 0 Å². The Bertz CT molecular complexity index is 861.